The van der Waals surface area contributed by atoms with Crippen LogP contribution in [0.3, 0.4) is 0 Å². The number of nitrogens with one attached hydrogen (secondary N) is 1. The van der Waals surface area contributed by atoms with Crippen LogP contribution >= 0.6 is 11.6 Å². The molecule has 0 unspecified atom stereocenters. The SMILES string of the molecule is COc1ccc(NC(=O)c2cc(=O)c(OC)co2)cc1Cl. The van der Waals surface area contributed by atoms with Crippen LogP contribution in [0.1, 0.15) is 10.6 Å². The molecular weight excluding hydrogens is 298 g/mol. The molecule has 0 fully saturated rings. The van der Waals surface area contributed by atoms with E-state index in [2.05, 4.69) is 5.32 Å². The van der Waals surface area contributed by atoms with Crippen molar-refractivity contribution in [2.24, 2.45) is 0 Å². The molecule has 1 N–H and O–H groups in total. The quantitative estimate of drug-likeness (QED) is 0.939. The summed E-state index contributed by atoms with van der Waals surface area (Å²) in [6.07, 6.45) is 1.08. The van der Waals surface area contributed by atoms with Crippen LogP contribution in [-0.4, -0.2) is 20.1 Å². The second kappa shape index (κ2) is 6.32. The van der Waals surface area contributed by atoms with Gasteiger partial charge in [-0.15, -0.1) is 0 Å². The number of carbonyl (C=O) groups excluding carboxylic acids is 1. The average Bonchev–Trinajstić information content (AvgIpc) is 2.47. The number of ether oxygens (including phenoxy) is 2. The highest BCUT2D eigenvalue weighted by Gasteiger charge is 2.12. The molecular formula is C14H12ClNO5. The molecule has 0 aliphatic heterocycles. The number of methoxy groups -OCH3 is 2. The fraction of sp³-hybridized carbons (Fsp3) is 0.143. The second-order valence-corrected chi connectivity index (χ2v) is 4.39. The molecule has 1 aromatic carbocycles. The van der Waals surface area contributed by atoms with E-state index < -0.39 is 11.3 Å². The molecule has 110 valence electrons. The Balaban J connectivity index is 2.20. The molecule has 0 saturated heterocycles. The minimum atomic E-state index is -0.573. The van der Waals surface area contributed by atoms with Gasteiger partial charge in [-0.3, -0.25) is 9.59 Å². The fourth-order valence-corrected chi connectivity index (χ4v) is 1.86. The molecule has 0 aliphatic rings. The first-order valence-electron chi connectivity index (χ1n) is 5.87. The first-order chi connectivity index (χ1) is 10.0. The van der Waals surface area contributed by atoms with Crippen LogP contribution < -0.4 is 20.2 Å². The minimum Gasteiger partial charge on any atom is -0.495 e. The minimum absolute atomic E-state index is 0.0269. The van der Waals surface area contributed by atoms with Gasteiger partial charge in [0.25, 0.3) is 5.91 Å². The van der Waals surface area contributed by atoms with Gasteiger partial charge in [0.2, 0.25) is 11.2 Å². The zero-order valence-electron chi connectivity index (χ0n) is 11.3. The third kappa shape index (κ3) is 3.35. The van der Waals surface area contributed by atoms with Gasteiger partial charge in [0, 0.05) is 11.8 Å². The Morgan fingerprint density at radius 3 is 2.48 bits per heavy atom. The van der Waals surface area contributed by atoms with Crippen molar-refractivity contribution in [3.63, 3.8) is 0 Å². The van der Waals surface area contributed by atoms with Crippen LogP contribution in [0.25, 0.3) is 0 Å². The van der Waals surface area contributed by atoms with Crippen LogP contribution in [0.2, 0.25) is 5.02 Å². The topological polar surface area (TPSA) is 77.8 Å². The Morgan fingerprint density at radius 1 is 1.19 bits per heavy atom. The smallest absolute Gasteiger partial charge is 0.291 e. The maximum atomic E-state index is 12.0. The van der Waals surface area contributed by atoms with Gasteiger partial charge in [-0.05, 0) is 18.2 Å². The molecule has 6 nitrogen and oxygen atoms in total. The van der Waals surface area contributed by atoms with E-state index in [-0.39, 0.29) is 11.5 Å². The zero-order valence-corrected chi connectivity index (χ0v) is 12.1. The predicted molar refractivity (Wildman–Crippen MR) is 77.5 cm³/mol. The van der Waals surface area contributed by atoms with Gasteiger partial charge >= 0.3 is 0 Å². The normalized spacial score (nSPS) is 10.0. The van der Waals surface area contributed by atoms with Crippen LogP contribution in [0.15, 0.2) is 39.7 Å². The van der Waals surface area contributed by atoms with E-state index >= 15 is 0 Å². The molecule has 7 heteroatoms. The molecule has 21 heavy (non-hydrogen) atoms. The van der Waals surface area contributed by atoms with Gasteiger partial charge < -0.3 is 19.2 Å². The lowest BCUT2D eigenvalue weighted by Crippen LogP contribution is -2.15. The van der Waals surface area contributed by atoms with Crippen molar-refractivity contribution in [2.75, 3.05) is 19.5 Å². The summed E-state index contributed by atoms with van der Waals surface area (Å²) in [5.41, 5.74) is 0.00549. The summed E-state index contributed by atoms with van der Waals surface area (Å²) in [7, 11) is 2.83. The molecule has 0 spiro atoms. The van der Waals surface area contributed by atoms with Crippen molar-refractivity contribution in [1.82, 2.24) is 0 Å². The molecule has 1 aromatic heterocycles. The van der Waals surface area contributed by atoms with Crippen molar-refractivity contribution in [1.29, 1.82) is 0 Å². The van der Waals surface area contributed by atoms with E-state index in [0.717, 1.165) is 12.3 Å². The van der Waals surface area contributed by atoms with E-state index in [1.807, 2.05) is 0 Å². The number of anilines is 1. The zero-order chi connectivity index (χ0) is 15.4. The standard InChI is InChI=1S/C14H12ClNO5/c1-19-11-4-3-8(5-9(11)15)16-14(18)12-6-10(17)13(20-2)7-21-12/h3-7H,1-2H3,(H,16,18). The highest BCUT2D eigenvalue weighted by molar-refractivity contribution is 6.32. The monoisotopic (exact) mass is 309 g/mol. The lowest BCUT2D eigenvalue weighted by atomic mass is 10.3. The Hall–Kier alpha value is -2.47. The van der Waals surface area contributed by atoms with Crippen molar-refractivity contribution in [2.45, 2.75) is 0 Å². The van der Waals surface area contributed by atoms with E-state index in [1.54, 1.807) is 12.1 Å². The van der Waals surface area contributed by atoms with E-state index in [4.69, 9.17) is 25.5 Å². The fourth-order valence-electron chi connectivity index (χ4n) is 1.60. The molecule has 2 aromatic rings. The lowest BCUT2D eigenvalue weighted by molar-refractivity contribution is 0.0993. The summed E-state index contributed by atoms with van der Waals surface area (Å²) in [6.45, 7) is 0. The van der Waals surface area contributed by atoms with Gasteiger partial charge in [-0.2, -0.15) is 0 Å². The predicted octanol–water partition coefficient (Wildman–Crippen LogP) is 2.56. The first kappa shape index (κ1) is 14.9. The number of amides is 1. The summed E-state index contributed by atoms with van der Waals surface area (Å²) < 4.78 is 14.8. The van der Waals surface area contributed by atoms with Crippen molar-refractivity contribution in [3.8, 4) is 11.5 Å². The highest BCUT2D eigenvalue weighted by atomic mass is 35.5. The molecule has 2 rings (SSSR count). The van der Waals surface area contributed by atoms with Crippen LogP contribution in [0.4, 0.5) is 5.69 Å². The molecule has 1 heterocycles. The van der Waals surface area contributed by atoms with Crippen LogP contribution in [0.5, 0.6) is 11.5 Å². The van der Waals surface area contributed by atoms with Crippen LogP contribution in [0, 0.1) is 0 Å². The highest BCUT2D eigenvalue weighted by Crippen LogP contribution is 2.27. The van der Waals surface area contributed by atoms with Crippen molar-refractivity contribution < 1.29 is 18.7 Å². The summed E-state index contributed by atoms with van der Waals surface area (Å²) in [5.74, 6) is -0.187. The lowest BCUT2D eigenvalue weighted by Gasteiger charge is -2.07. The summed E-state index contributed by atoms with van der Waals surface area (Å²) >= 11 is 5.96. The summed E-state index contributed by atoms with van der Waals surface area (Å²) in [6, 6.07) is 5.81. The van der Waals surface area contributed by atoms with E-state index in [9.17, 15) is 9.59 Å². The summed E-state index contributed by atoms with van der Waals surface area (Å²) in [5, 5.41) is 2.92. The molecule has 0 radical (unpaired) electrons. The van der Waals surface area contributed by atoms with Gasteiger partial charge in [-0.1, -0.05) is 11.6 Å². The molecule has 0 aliphatic carbocycles. The van der Waals surface area contributed by atoms with Crippen LogP contribution in [-0.2, 0) is 0 Å². The third-order valence-corrected chi connectivity index (χ3v) is 2.95. The maximum Gasteiger partial charge on any atom is 0.291 e. The molecule has 0 saturated carbocycles. The number of benzene rings is 1. The average molecular weight is 310 g/mol. The van der Waals surface area contributed by atoms with Gasteiger partial charge in [0.15, 0.2) is 5.76 Å². The number of halogens is 1. The van der Waals surface area contributed by atoms with E-state index in [0.29, 0.717) is 16.5 Å². The Labute approximate surface area is 125 Å². The van der Waals surface area contributed by atoms with Crippen molar-refractivity contribution in [3.05, 3.63) is 51.5 Å². The molecule has 0 atom stereocenters. The first-order valence-corrected chi connectivity index (χ1v) is 6.24. The Bertz CT molecular complexity index is 726. The Kier molecular flexibility index (Phi) is 4.49. The third-order valence-electron chi connectivity index (χ3n) is 2.65. The van der Waals surface area contributed by atoms with Gasteiger partial charge in [0.1, 0.15) is 12.0 Å². The molecule has 0 bridgehead atoms. The Morgan fingerprint density at radius 2 is 1.90 bits per heavy atom. The van der Waals surface area contributed by atoms with Gasteiger partial charge in [-0.25, -0.2) is 0 Å². The number of hydrogen-bond donors (Lipinski definition) is 1. The number of carbonyl (C=O) groups is 1. The maximum absolute atomic E-state index is 12.0. The second-order valence-electron chi connectivity index (χ2n) is 3.98. The van der Waals surface area contributed by atoms with E-state index in [1.165, 1.54) is 20.3 Å². The summed E-state index contributed by atoms with van der Waals surface area (Å²) in [4.78, 5) is 23.5. The largest absolute Gasteiger partial charge is 0.495 e. The number of rotatable bonds is 4. The van der Waals surface area contributed by atoms with Gasteiger partial charge in [0.05, 0.1) is 19.2 Å². The van der Waals surface area contributed by atoms with Crippen molar-refractivity contribution >= 4 is 23.2 Å². The molecule has 1 amide bonds. The number of hydrogen-bond acceptors (Lipinski definition) is 5.